The number of carbonyl (C=O) groups is 1. The molecule has 5 nitrogen and oxygen atoms in total. The van der Waals surface area contributed by atoms with E-state index in [9.17, 15) is 4.79 Å². The van der Waals surface area contributed by atoms with Gasteiger partial charge < -0.3 is 20.0 Å². The Labute approximate surface area is 146 Å². The molecule has 2 amide bonds. The van der Waals surface area contributed by atoms with E-state index in [-0.39, 0.29) is 6.03 Å². The van der Waals surface area contributed by atoms with Crippen LogP contribution in [0, 0.1) is 5.92 Å². The van der Waals surface area contributed by atoms with Crippen molar-refractivity contribution in [2.24, 2.45) is 5.92 Å². The highest BCUT2D eigenvalue weighted by Crippen LogP contribution is 2.22. The van der Waals surface area contributed by atoms with E-state index < -0.39 is 0 Å². The summed E-state index contributed by atoms with van der Waals surface area (Å²) in [6.45, 7) is 10.3. The van der Waals surface area contributed by atoms with Gasteiger partial charge >= 0.3 is 6.03 Å². The van der Waals surface area contributed by atoms with E-state index >= 15 is 0 Å². The minimum Gasteiger partial charge on any atom is -0.372 e. The Kier molecular flexibility index (Phi) is 6.49. The maximum atomic E-state index is 12.5. The molecule has 0 bridgehead atoms. The van der Waals surface area contributed by atoms with Crippen LogP contribution in [0.3, 0.4) is 0 Å². The summed E-state index contributed by atoms with van der Waals surface area (Å²) < 4.78 is 0. The predicted octanol–water partition coefficient (Wildman–Crippen LogP) is 3.34. The molecule has 1 fully saturated rings. The third kappa shape index (κ3) is 4.87. The molecule has 1 unspecified atom stereocenters. The standard InChI is InChI=1S/C19H32N4O/c1-6-21(4)13-16-10-11-23(14-16)19(24)20-17-8-7-9-18(12-17)22(5)15(2)3/h7-9,12,15-16H,6,10-11,13-14H2,1-5H3,(H,20,24). The fraction of sp³-hybridized carbons (Fsp3) is 0.632. The fourth-order valence-electron chi connectivity index (χ4n) is 3.04. The lowest BCUT2D eigenvalue weighted by Gasteiger charge is -2.24. The number of likely N-dealkylation sites (tertiary alicyclic amines) is 1. The van der Waals surface area contributed by atoms with E-state index in [2.05, 4.69) is 56.0 Å². The smallest absolute Gasteiger partial charge is 0.321 e. The van der Waals surface area contributed by atoms with E-state index in [1.54, 1.807) is 0 Å². The van der Waals surface area contributed by atoms with Crippen molar-refractivity contribution in [1.29, 1.82) is 0 Å². The van der Waals surface area contributed by atoms with Gasteiger partial charge in [0.1, 0.15) is 0 Å². The molecule has 1 aliphatic heterocycles. The number of carbonyl (C=O) groups excluding carboxylic acids is 1. The number of hydrogen-bond acceptors (Lipinski definition) is 3. The topological polar surface area (TPSA) is 38.8 Å². The van der Waals surface area contributed by atoms with Crippen LogP contribution in [0.1, 0.15) is 27.2 Å². The SMILES string of the molecule is CCN(C)CC1CCN(C(=O)Nc2cccc(N(C)C(C)C)c2)C1. The van der Waals surface area contributed by atoms with Gasteiger partial charge in [0.25, 0.3) is 0 Å². The van der Waals surface area contributed by atoms with Gasteiger partial charge in [0, 0.05) is 44.1 Å². The van der Waals surface area contributed by atoms with Crippen molar-refractivity contribution in [3.05, 3.63) is 24.3 Å². The number of anilines is 2. The maximum Gasteiger partial charge on any atom is 0.321 e. The van der Waals surface area contributed by atoms with E-state index in [1.807, 2.05) is 23.1 Å². The van der Waals surface area contributed by atoms with Gasteiger partial charge in [-0.2, -0.15) is 0 Å². The molecule has 0 saturated carbocycles. The first kappa shape index (κ1) is 18.6. The van der Waals surface area contributed by atoms with E-state index in [1.165, 1.54) is 0 Å². The molecule has 134 valence electrons. The Morgan fingerprint density at radius 3 is 2.79 bits per heavy atom. The van der Waals surface area contributed by atoms with Gasteiger partial charge in [-0.15, -0.1) is 0 Å². The predicted molar refractivity (Wildman–Crippen MR) is 102 cm³/mol. The molecule has 1 atom stereocenters. The van der Waals surface area contributed by atoms with Gasteiger partial charge in [0.05, 0.1) is 0 Å². The largest absolute Gasteiger partial charge is 0.372 e. The van der Waals surface area contributed by atoms with Gasteiger partial charge in [-0.25, -0.2) is 4.79 Å². The number of hydrogen-bond donors (Lipinski definition) is 1. The van der Waals surface area contributed by atoms with Crippen molar-refractivity contribution >= 4 is 17.4 Å². The van der Waals surface area contributed by atoms with Gasteiger partial charge in [-0.1, -0.05) is 13.0 Å². The van der Waals surface area contributed by atoms with Crippen LogP contribution in [-0.2, 0) is 0 Å². The van der Waals surface area contributed by atoms with Crippen LogP contribution in [0.5, 0.6) is 0 Å². The van der Waals surface area contributed by atoms with Crippen LogP contribution in [0.4, 0.5) is 16.2 Å². The molecular formula is C19H32N4O. The average Bonchev–Trinajstić information content (AvgIpc) is 3.02. The van der Waals surface area contributed by atoms with Gasteiger partial charge in [-0.05, 0) is 58.0 Å². The molecule has 24 heavy (non-hydrogen) atoms. The number of rotatable bonds is 6. The summed E-state index contributed by atoms with van der Waals surface area (Å²) in [5.74, 6) is 0.583. The van der Waals surface area contributed by atoms with E-state index in [0.717, 1.165) is 44.0 Å². The van der Waals surface area contributed by atoms with Gasteiger partial charge in [-0.3, -0.25) is 0 Å². The Morgan fingerprint density at radius 2 is 2.12 bits per heavy atom. The molecule has 2 rings (SSSR count). The van der Waals surface area contributed by atoms with Gasteiger partial charge in [0.2, 0.25) is 0 Å². The van der Waals surface area contributed by atoms with Crippen molar-refractivity contribution in [3.63, 3.8) is 0 Å². The number of benzene rings is 1. The van der Waals surface area contributed by atoms with E-state index in [4.69, 9.17) is 0 Å². The fourth-order valence-corrected chi connectivity index (χ4v) is 3.04. The number of nitrogens with one attached hydrogen (secondary N) is 1. The lowest BCUT2D eigenvalue weighted by atomic mass is 10.1. The molecule has 1 N–H and O–H groups in total. The molecule has 0 spiro atoms. The number of urea groups is 1. The van der Waals surface area contributed by atoms with Crippen LogP contribution < -0.4 is 10.2 Å². The van der Waals surface area contributed by atoms with Crippen LogP contribution in [0.2, 0.25) is 0 Å². The normalized spacial score (nSPS) is 17.6. The summed E-state index contributed by atoms with van der Waals surface area (Å²) in [6.07, 6.45) is 1.09. The van der Waals surface area contributed by atoms with Crippen LogP contribution in [0.25, 0.3) is 0 Å². The molecule has 5 heteroatoms. The first-order valence-corrected chi connectivity index (χ1v) is 8.98. The highest BCUT2D eigenvalue weighted by molar-refractivity contribution is 5.90. The van der Waals surface area contributed by atoms with Crippen molar-refractivity contribution in [2.45, 2.75) is 33.2 Å². The lowest BCUT2D eigenvalue weighted by molar-refractivity contribution is 0.218. The second-order valence-corrected chi connectivity index (χ2v) is 7.14. The summed E-state index contributed by atoms with van der Waals surface area (Å²) in [6, 6.07) is 8.49. The van der Waals surface area contributed by atoms with Crippen molar-refractivity contribution in [2.75, 3.05) is 50.5 Å². The molecule has 0 aromatic heterocycles. The quantitative estimate of drug-likeness (QED) is 0.868. The van der Waals surface area contributed by atoms with Crippen LogP contribution in [-0.4, -0.2) is 62.1 Å². The first-order chi connectivity index (χ1) is 11.4. The molecule has 0 aliphatic carbocycles. The number of nitrogens with zero attached hydrogens (tertiary/aromatic N) is 3. The summed E-state index contributed by atoms with van der Waals surface area (Å²) in [7, 11) is 4.21. The Morgan fingerprint density at radius 1 is 1.38 bits per heavy atom. The molecule has 1 aromatic rings. The molecule has 1 aliphatic rings. The highest BCUT2D eigenvalue weighted by Gasteiger charge is 2.26. The van der Waals surface area contributed by atoms with Crippen molar-refractivity contribution in [1.82, 2.24) is 9.80 Å². The average molecular weight is 332 g/mol. The van der Waals surface area contributed by atoms with Crippen molar-refractivity contribution < 1.29 is 4.79 Å². The third-order valence-electron chi connectivity index (χ3n) is 4.96. The Hall–Kier alpha value is -1.75. The summed E-state index contributed by atoms with van der Waals surface area (Å²) in [5, 5.41) is 3.05. The maximum absolute atomic E-state index is 12.5. The monoisotopic (exact) mass is 332 g/mol. The highest BCUT2D eigenvalue weighted by atomic mass is 16.2. The van der Waals surface area contributed by atoms with Gasteiger partial charge in [0.15, 0.2) is 0 Å². The second-order valence-electron chi connectivity index (χ2n) is 7.14. The molecule has 1 saturated heterocycles. The summed E-state index contributed by atoms with van der Waals surface area (Å²) in [5.41, 5.74) is 1.98. The molecular weight excluding hydrogens is 300 g/mol. The second kappa shape index (κ2) is 8.38. The van der Waals surface area contributed by atoms with Crippen molar-refractivity contribution in [3.8, 4) is 0 Å². The molecule has 0 radical (unpaired) electrons. The minimum atomic E-state index is 0.0148. The summed E-state index contributed by atoms with van der Waals surface area (Å²) >= 11 is 0. The molecule has 1 heterocycles. The zero-order valence-electron chi connectivity index (χ0n) is 15.7. The van der Waals surface area contributed by atoms with Crippen LogP contribution in [0.15, 0.2) is 24.3 Å². The number of amides is 2. The summed E-state index contributed by atoms with van der Waals surface area (Å²) in [4.78, 5) is 19.0. The first-order valence-electron chi connectivity index (χ1n) is 8.98. The van der Waals surface area contributed by atoms with E-state index in [0.29, 0.717) is 12.0 Å². The van der Waals surface area contributed by atoms with Crippen LogP contribution >= 0.6 is 0 Å². The Balaban J connectivity index is 1.92. The zero-order chi connectivity index (χ0) is 17.7. The zero-order valence-corrected chi connectivity index (χ0v) is 15.7. The molecule has 1 aromatic carbocycles. The third-order valence-corrected chi connectivity index (χ3v) is 4.96. The lowest BCUT2D eigenvalue weighted by Crippen LogP contribution is -2.34. The minimum absolute atomic E-state index is 0.0148. The Bertz CT molecular complexity index is 546.